The molecule has 0 amide bonds. The van der Waals surface area contributed by atoms with Crippen molar-refractivity contribution in [2.45, 2.75) is 37.7 Å². The van der Waals surface area contributed by atoms with Gasteiger partial charge in [0.25, 0.3) is 5.56 Å². The van der Waals surface area contributed by atoms with Gasteiger partial charge in [-0.3, -0.25) is 4.79 Å². The zero-order valence-electron chi connectivity index (χ0n) is 13.9. The second-order valence-corrected chi connectivity index (χ2v) is 7.00. The Hall–Kier alpha value is -2.80. The van der Waals surface area contributed by atoms with Crippen molar-refractivity contribution in [3.8, 4) is 0 Å². The van der Waals surface area contributed by atoms with Gasteiger partial charge in [-0.15, -0.1) is 0 Å². The number of benzene rings is 2. The third-order valence-corrected chi connectivity index (χ3v) is 5.40. The highest BCUT2D eigenvalue weighted by Gasteiger charge is 2.25. The Morgan fingerprint density at radius 3 is 2.73 bits per heavy atom. The number of H-pyrrole nitrogens is 2. The second-order valence-electron chi connectivity index (χ2n) is 7.00. The lowest BCUT2D eigenvalue weighted by Gasteiger charge is -2.23. The van der Waals surface area contributed by atoms with E-state index >= 15 is 0 Å². The number of fused-ring (bicyclic) bond motifs is 6. The summed E-state index contributed by atoms with van der Waals surface area (Å²) in [5, 5.41) is 11.3. The number of rotatable bonds is 1. The SMILES string of the molecule is O=c1[nH]cnc2c3[nH]c([C@H]4CC[C@@H](O)CC4)nc3c3ccc(F)cc3c12. The minimum Gasteiger partial charge on any atom is -0.393 e. The largest absolute Gasteiger partial charge is 0.393 e. The third-order valence-electron chi connectivity index (χ3n) is 5.40. The summed E-state index contributed by atoms with van der Waals surface area (Å²) in [6.07, 6.45) is 4.35. The predicted molar refractivity (Wildman–Crippen MR) is 96.7 cm³/mol. The standard InChI is InChI=1S/C19H17FN4O2/c20-10-3-6-12-13(7-10)14-16(21-8-22-19(14)26)17-15(12)23-18(24-17)9-1-4-11(25)5-2-9/h3,6-9,11,25H,1-2,4-5H2,(H,23,24)(H,21,22,26)/t9-,11+. The van der Waals surface area contributed by atoms with E-state index in [4.69, 9.17) is 4.98 Å². The molecule has 4 aromatic rings. The Balaban J connectivity index is 1.85. The number of hydrogen-bond donors (Lipinski definition) is 3. The molecule has 6 nitrogen and oxygen atoms in total. The van der Waals surface area contributed by atoms with Crippen LogP contribution in [0.25, 0.3) is 32.7 Å². The van der Waals surface area contributed by atoms with Gasteiger partial charge in [-0.25, -0.2) is 14.4 Å². The highest BCUT2D eigenvalue weighted by Crippen LogP contribution is 2.36. The molecular formula is C19H17FN4O2. The summed E-state index contributed by atoms with van der Waals surface area (Å²) < 4.78 is 13.8. The Morgan fingerprint density at radius 1 is 1.12 bits per heavy atom. The van der Waals surface area contributed by atoms with Gasteiger partial charge in [0.2, 0.25) is 0 Å². The van der Waals surface area contributed by atoms with Crippen LogP contribution in [0.4, 0.5) is 4.39 Å². The van der Waals surface area contributed by atoms with Crippen LogP contribution in [-0.2, 0) is 0 Å². The van der Waals surface area contributed by atoms with Crippen molar-refractivity contribution < 1.29 is 9.50 Å². The quantitative estimate of drug-likeness (QED) is 0.459. The summed E-state index contributed by atoms with van der Waals surface area (Å²) in [6.45, 7) is 0. The molecule has 1 fully saturated rings. The molecule has 1 aliphatic carbocycles. The van der Waals surface area contributed by atoms with Crippen molar-refractivity contribution in [3.63, 3.8) is 0 Å². The molecule has 0 aliphatic heterocycles. The number of imidazole rings is 1. The zero-order valence-corrected chi connectivity index (χ0v) is 13.9. The first-order valence-corrected chi connectivity index (χ1v) is 8.78. The van der Waals surface area contributed by atoms with E-state index in [2.05, 4.69) is 15.0 Å². The van der Waals surface area contributed by atoms with Crippen molar-refractivity contribution in [2.24, 2.45) is 0 Å². The third kappa shape index (κ3) is 2.24. The second kappa shape index (κ2) is 5.60. The maximum Gasteiger partial charge on any atom is 0.259 e. The van der Waals surface area contributed by atoms with Crippen LogP contribution < -0.4 is 5.56 Å². The molecule has 5 rings (SSSR count). The maximum atomic E-state index is 13.8. The molecule has 2 heterocycles. The maximum absolute atomic E-state index is 13.8. The molecule has 26 heavy (non-hydrogen) atoms. The molecule has 0 atom stereocenters. The van der Waals surface area contributed by atoms with Crippen LogP contribution in [0.2, 0.25) is 0 Å². The van der Waals surface area contributed by atoms with E-state index in [1.807, 2.05) is 0 Å². The summed E-state index contributed by atoms with van der Waals surface area (Å²) in [6, 6.07) is 4.40. The van der Waals surface area contributed by atoms with Crippen LogP contribution >= 0.6 is 0 Å². The molecule has 0 radical (unpaired) electrons. The summed E-state index contributed by atoms with van der Waals surface area (Å²) >= 11 is 0. The molecular weight excluding hydrogens is 335 g/mol. The lowest BCUT2D eigenvalue weighted by molar-refractivity contribution is 0.121. The summed E-state index contributed by atoms with van der Waals surface area (Å²) in [5.74, 6) is 0.670. The fourth-order valence-corrected chi connectivity index (χ4v) is 4.07. The van der Waals surface area contributed by atoms with E-state index in [9.17, 15) is 14.3 Å². The van der Waals surface area contributed by atoms with Crippen molar-refractivity contribution in [1.82, 2.24) is 19.9 Å². The van der Waals surface area contributed by atoms with Gasteiger partial charge in [0.15, 0.2) is 0 Å². The number of aliphatic hydroxyl groups is 1. The smallest absolute Gasteiger partial charge is 0.259 e. The molecule has 0 bridgehead atoms. The minimum absolute atomic E-state index is 0.235. The van der Waals surface area contributed by atoms with Crippen LogP contribution in [0.15, 0.2) is 29.3 Å². The first-order chi connectivity index (χ1) is 12.6. The fourth-order valence-electron chi connectivity index (χ4n) is 4.07. The molecule has 2 aromatic heterocycles. The van der Waals surface area contributed by atoms with Gasteiger partial charge in [0.05, 0.1) is 28.9 Å². The van der Waals surface area contributed by atoms with Crippen molar-refractivity contribution in [3.05, 3.63) is 46.5 Å². The molecule has 1 saturated carbocycles. The van der Waals surface area contributed by atoms with Gasteiger partial charge in [-0.1, -0.05) is 0 Å². The van der Waals surface area contributed by atoms with Gasteiger partial charge in [0.1, 0.15) is 17.2 Å². The summed E-state index contributed by atoms with van der Waals surface area (Å²) in [4.78, 5) is 27.5. The van der Waals surface area contributed by atoms with Gasteiger partial charge < -0.3 is 15.1 Å². The number of aliphatic hydroxyl groups excluding tert-OH is 1. The Labute approximate surface area is 147 Å². The van der Waals surface area contributed by atoms with Crippen LogP contribution in [0.5, 0.6) is 0 Å². The molecule has 0 unspecified atom stereocenters. The highest BCUT2D eigenvalue weighted by atomic mass is 19.1. The average molecular weight is 352 g/mol. The lowest BCUT2D eigenvalue weighted by Crippen LogP contribution is -2.17. The van der Waals surface area contributed by atoms with Crippen LogP contribution in [0.3, 0.4) is 0 Å². The highest BCUT2D eigenvalue weighted by molar-refractivity contribution is 6.21. The Morgan fingerprint density at radius 2 is 1.92 bits per heavy atom. The van der Waals surface area contributed by atoms with E-state index in [1.54, 1.807) is 6.07 Å². The monoisotopic (exact) mass is 352 g/mol. The number of aromatic nitrogens is 4. The van der Waals surface area contributed by atoms with E-state index < -0.39 is 5.82 Å². The van der Waals surface area contributed by atoms with Gasteiger partial charge in [0, 0.05) is 16.7 Å². The molecule has 3 N–H and O–H groups in total. The number of aromatic amines is 2. The van der Waals surface area contributed by atoms with E-state index in [-0.39, 0.29) is 17.6 Å². The van der Waals surface area contributed by atoms with Gasteiger partial charge >= 0.3 is 0 Å². The summed E-state index contributed by atoms with van der Waals surface area (Å²) in [7, 11) is 0. The van der Waals surface area contributed by atoms with Crippen LogP contribution in [-0.4, -0.2) is 31.1 Å². The van der Waals surface area contributed by atoms with E-state index in [1.165, 1.54) is 18.5 Å². The summed E-state index contributed by atoms with van der Waals surface area (Å²) in [5.41, 5.74) is 1.60. The molecule has 7 heteroatoms. The Bertz CT molecular complexity index is 1210. The molecule has 2 aromatic carbocycles. The topological polar surface area (TPSA) is 94.7 Å². The predicted octanol–water partition coefficient (Wildman–Crippen LogP) is 3.11. The Kier molecular flexibility index (Phi) is 3.33. The number of hydrogen-bond acceptors (Lipinski definition) is 4. The minimum atomic E-state index is -0.404. The zero-order chi connectivity index (χ0) is 17.8. The normalized spacial score (nSPS) is 21.0. The van der Waals surface area contributed by atoms with Crippen molar-refractivity contribution >= 4 is 32.7 Å². The van der Waals surface area contributed by atoms with E-state index in [0.29, 0.717) is 27.3 Å². The van der Waals surface area contributed by atoms with E-state index in [0.717, 1.165) is 36.9 Å². The van der Waals surface area contributed by atoms with Crippen molar-refractivity contribution in [1.29, 1.82) is 0 Å². The van der Waals surface area contributed by atoms with Gasteiger partial charge in [-0.2, -0.15) is 0 Å². The molecule has 0 spiro atoms. The van der Waals surface area contributed by atoms with Crippen LogP contribution in [0.1, 0.15) is 37.4 Å². The average Bonchev–Trinajstić information content (AvgIpc) is 3.08. The molecule has 1 aliphatic rings. The number of halogens is 1. The lowest BCUT2D eigenvalue weighted by atomic mass is 9.87. The number of nitrogens with one attached hydrogen (secondary N) is 2. The first kappa shape index (κ1) is 15.5. The first-order valence-electron chi connectivity index (χ1n) is 8.78. The van der Waals surface area contributed by atoms with Crippen molar-refractivity contribution in [2.75, 3.05) is 0 Å². The molecule has 132 valence electrons. The van der Waals surface area contributed by atoms with Crippen LogP contribution in [0, 0.1) is 5.82 Å². The van der Waals surface area contributed by atoms with Gasteiger partial charge in [-0.05, 0) is 43.9 Å². The molecule has 0 saturated heterocycles. The fraction of sp³-hybridized carbons (Fsp3) is 0.316. The number of nitrogens with zero attached hydrogens (tertiary/aromatic N) is 2.